The average Bonchev–Trinajstić information content (AvgIpc) is 3.28. The Bertz CT molecular complexity index is 1440. The maximum Gasteiger partial charge on any atom is 0.138 e. The van der Waals surface area contributed by atoms with Crippen LogP contribution in [0, 0.1) is 0 Å². The zero-order chi connectivity index (χ0) is 22.2. The van der Waals surface area contributed by atoms with E-state index in [9.17, 15) is 0 Å². The molecule has 4 aromatic heterocycles. The van der Waals surface area contributed by atoms with Gasteiger partial charge < -0.3 is 20.1 Å². The van der Waals surface area contributed by atoms with Crippen LogP contribution in [0.5, 0.6) is 0 Å². The van der Waals surface area contributed by atoms with E-state index in [1.54, 1.807) is 12.4 Å². The Balaban J connectivity index is 1.30. The molecule has 1 aliphatic heterocycles. The van der Waals surface area contributed by atoms with Crippen molar-refractivity contribution < 1.29 is 0 Å². The number of aromatic nitrogens is 5. The highest BCUT2D eigenvalue weighted by molar-refractivity contribution is 5.97. The number of hydrogen-bond acceptors (Lipinski definition) is 7. The van der Waals surface area contributed by atoms with E-state index in [2.05, 4.69) is 71.3 Å². The Labute approximate surface area is 191 Å². The normalized spacial score (nSPS) is 14.8. The highest BCUT2D eigenvalue weighted by Crippen LogP contribution is 2.31. The summed E-state index contributed by atoms with van der Waals surface area (Å²) in [6.07, 6.45) is 9.14. The van der Waals surface area contributed by atoms with Gasteiger partial charge in [0.05, 0.1) is 22.9 Å². The number of rotatable bonds is 4. The van der Waals surface area contributed by atoms with Crippen LogP contribution in [0.4, 0.5) is 17.2 Å². The molecule has 0 atom stereocenters. The summed E-state index contributed by atoms with van der Waals surface area (Å²) in [6, 6.07) is 12.4. The zero-order valence-electron chi connectivity index (χ0n) is 18.4. The fourth-order valence-corrected chi connectivity index (χ4v) is 4.31. The second-order valence-electron chi connectivity index (χ2n) is 8.40. The third-order valence-corrected chi connectivity index (χ3v) is 6.17. The molecule has 0 spiro atoms. The molecular weight excluding hydrogens is 412 g/mol. The quantitative estimate of drug-likeness (QED) is 0.439. The summed E-state index contributed by atoms with van der Waals surface area (Å²) in [5.41, 5.74) is 6.70. The standard InChI is InChI=1S/C25H24N8/c1-32-8-10-33(11-9-32)24-14-18(4-5-28-24)31-19-13-20-21(16-30-25(20)29-15-19)17-2-3-22-23(12-17)27-7-6-26-22/h2-7,12-16H,8-11H2,1H3,(H,28,31)(H,29,30). The number of nitrogens with one attached hydrogen (secondary N) is 2. The predicted molar refractivity (Wildman–Crippen MR) is 132 cm³/mol. The Morgan fingerprint density at radius 1 is 0.818 bits per heavy atom. The molecule has 0 unspecified atom stereocenters. The van der Waals surface area contributed by atoms with Gasteiger partial charge >= 0.3 is 0 Å². The fourth-order valence-electron chi connectivity index (χ4n) is 4.31. The van der Waals surface area contributed by atoms with Gasteiger partial charge in [-0.05, 0) is 36.9 Å². The molecule has 33 heavy (non-hydrogen) atoms. The molecule has 8 heteroatoms. The summed E-state index contributed by atoms with van der Waals surface area (Å²) in [6.45, 7) is 4.08. The maximum atomic E-state index is 4.63. The van der Waals surface area contributed by atoms with Gasteiger partial charge in [0.2, 0.25) is 0 Å². The number of anilines is 3. The van der Waals surface area contributed by atoms with Crippen LogP contribution in [0.3, 0.4) is 0 Å². The number of aromatic amines is 1. The first kappa shape index (κ1) is 19.6. The largest absolute Gasteiger partial charge is 0.354 e. The minimum absolute atomic E-state index is 0.850. The lowest BCUT2D eigenvalue weighted by Crippen LogP contribution is -2.44. The molecule has 1 saturated heterocycles. The van der Waals surface area contributed by atoms with Crippen LogP contribution in [0.25, 0.3) is 33.2 Å². The number of H-pyrrole nitrogens is 1. The van der Waals surface area contributed by atoms with Crippen LogP contribution >= 0.6 is 0 Å². The van der Waals surface area contributed by atoms with E-state index < -0.39 is 0 Å². The van der Waals surface area contributed by atoms with Crippen LogP contribution in [-0.2, 0) is 0 Å². The monoisotopic (exact) mass is 436 g/mol. The van der Waals surface area contributed by atoms with Crippen molar-refractivity contribution >= 4 is 39.3 Å². The lowest BCUT2D eigenvalue weighted by molar-refractivity contribution is 0.312. The number of piperazine rings is 1. The van der Waals surface area contributed by atoms with Gasteiger partial charge in [-0.25, -0.2) is 9.97 Å². The number of nitrogens with zero attached hydrogens (tertiary/aromatic N) is 6. The van der Waals surface area contributed by atoms with E-state index in [0.29, 0.717) is 0 Å². The van der Waals surface area contributed by atoms with E-state index in [1.165, 1.54) is 0 Å². The van der Waals surface area contributed by atoms with Crippen molar-refractivity contribution in [3.05, 3.63) is 67.4 Å². The Morgan fingerprint density at radius 3 is 2.55 bits per heavy atom. The van der Waals surface area contributed by atoms with Crippen molar-refractivity contribution in [1.82, 2.24) is 29.8 Å². The summed E-state index contributed by atoms with van der Waals surface area (Å²) in [4.78, 5) is 26.0. The van der Waals surface area contributed by atoms with Crippen molar-refractivity contribution in [2.24, 2.45) is 0 Å². The van der Waals surface area contributed by atoms with E-state index >= 15 is 0 Å². The minimum Gasteiger partial charge on any atom is -0.354 e. The molecule has 5 heterocycles. The van der Waals surface area contributed by atoms with E-state index in [1.807, 2.05) is 30.7 Å². The number of fused-ring (bicyclic) bond motifs is 2. The lowest BCUT2D eigenvalue weighted by atomic mass is 10.0. The summed E-state index contributed by atoms with van der Waals surface area (Å²) in [5.74, 6) is 1.00. The molecule has 0 saturated carbocycles. The van der Waals surface area contributed by atoms with Gasteiger partial charge in [0.1, 0.15) is 11.5 Å². The molecule has 8 nitrogen and oxygen atoms in total. The predicted octanol–water partition coefficient (Wildman–Crippen LogP) is 4.06. The first-order chi connectivity index (χ1) is 16.2. The van der Waals surface area contributed by atoms with Crippen LogP contribution in [0.15, 0.2) is 67.4 Å². The minimum atomic E-state index is 0.850. The average molecular weight is 437 g/mol. The number of hydrogen-bond donors (Lipinski definition) is 2. The molecule has 2 N–H and O–H groups in total. The summed E-state index contributed by atoms with van der Waals surface area (Å²) in [5, 5.41) is 4.56. The molecule has 1 fully saturated rings. The summed E-state index contributed by atoms with van der Waals surface area (Å²) >= 11 is 0. The van der Waals surface area contributed by atoms with Crippen LogP contribution < -0.4 is 10.2 Å². The Hall–Kier alpha value is -4.04. The maximum absolute atomic E-state index is 4.63. The summed E-state index contributed by atoms with van der Waals surface area (Å²) in [7, 11) is 2.16. The van der Waals surface area contributed by atoms with E-state index in [0.717, 1.165) is 76.6 Å². The number of likely N-dealkylation sites (N-methyl/N-ethyl adjacent to an activating group) is 1. The highest BCUT2D eigenvalue weighted by Gasteiger charge is 2.16. The van der Waals surface area contributed by atoms with Gasteiger partial charge in [-0.15, -0.1) is 0 Å². The van der Waals surface area contributed by atoms with E-state index in [-0.39, 0.29) is 0 Å². The lowest BCUT2D eigenvalue weighted by Gasteiger charge is -2.33. The molecule has 0 aliphatic carbocycles. The van der Waals surface area contributed by atoms with Crippen LogP contribution in [0.2, 0.25) is 0 Å². The van der Waals surface area contributed by atoms with Gasteiger partial charge in [0, 0.05) is 73.7 Å². The summed E-state index contributed by atoms with van der Waals surface area (Å²) < 4.78 is 0. The molecule has 164 valence electrons. The second-order valence-corrected chi connectivity index (χ2v) is 8.40. The van der Waals surface area contributed by atoms with Crippen molar-refractivity contribution in [1.29, 1.82) is 0 Å². The van der Waals surface area contributed by atoms with Gasteiger partial charge in [-0.3, -0.25) is 9.97 Å². The molecule has 0 radical (unpaired) electrons. The van der Waals surface area contributed by atoms with Crippen LogP contribution in [-0.4, -0.2) is 63.0 Å². The number of pyridine rings is 2. The highest BCUT2D eigenvalue weighted by atomic mass is 15.3. The van der Waals surface area contributed by atoms with E-state index in [4.69, 9.17) is 0 Å². The van der Waals surface area contributed by atoms with Crippen molar-refractivity contribution in [2.75, 3.05) is 43.4 Å². The van der Waals surface area contributed by atoms with Gasteiger partial charge in [0.15, 0.2) is 0 Å². The van der Waals surface area contributed by atoms with Crippen molar-refractivity contribution in [2.45, 2.75) is 0 Å². The molecule has 6 rings (SSSR count). The Morgan fingerprint density at radius 2 is 1.67 bits per heavy atom. The van der Waals surface area contributed by atoms with Gasteiger partial charge in [-0.1, -0.05) is 6.07 Å². The first-order valence-electron chi connectivity index (χ1n) is 11.1. The van der Waals surface area contributed by atoms with Crippen LogP contribution in [0.1, 0.15) is 0 Å². The SMILES string of the molecule is CN1CCN(c2cc(Nc3cnc4[nH]cc(-c5ccc6nccnc6c5)c4c3)ccn2)CC1. The zero-order valence-corrected chi connectivity index (χ0v) is 18.4. The molecule has 0 amide bonds. The smallest absolute Gasteiger partial charge is 0.138 e. The number of benzene rings is 1. The third-order valence-electron chi connectivity index (χ3n) is 6.17. The topological polar surface area (TPSA) is 85.9 Å². The third kappa shape index (κ3) is 3.85. The fraction of sp³-hybridized carbons (Fsp3) is 0.200. The molecule has 1 aromatic carbocycles. The van der Waals surface area contributed by atoms with Gasteiger partial charge in [-0.2, -0.15) is 0 Å². The van der Waals surface area contributed by atoms with Gasteiger partial charge in [0.25, 0.3) is 0 Å². The molecule has 0 bridgehead atoms. The van der Waals surface area contributed by atoms with Crippen molar-refractivity contribution in [3.8, 4) is 11.1 Å². The molecule has 5 aromatic rings. The molecule has 1 aliphatic rings. The second kappa shape index (κ2) is 8.14. The Kier molecular flexibility index (Phi) is 4.84. The first-order valence-corrected chi connectivity index (χ1v) is 11.1. The van der Waals surface area contributed by atoms with Crippen molar-refractivity contribution in [3.63, 3.8) is 0 Å². The molecular formula is C25H24N8.